The number of nitrogens with one attached hydrogen (secondary N) is 1. The number of sulfone groups is 1. The Hall–Kier alpha value is -2.93. The Bertz CT molecular complexity index is 930. The number of benzene rings is 2. The lowest BCUT2D eigenvalue weighted by Gasteiger charge is -2.09. The SMILES string of the molecule is C=C(C)CS(=O)(=O)c1ccc(NC(=O)c2ccccc2C(=O)O)cc1. The molecule has 0 aliphatic carbocycles. The van der Waals surface area contributed by atoms with Crippen LogP contribution in [0.4, 0.5) is 5.69 Å². The maximum absolute atomic E-state index is 12.3. The standard InChI is InChI=1S/C18H17NO5S/c1-12(2)11-25(23,24)14-9-7-13(8-10-14)19-17(20)15-5-3-4-6-16(15)18(21)22/h3-10H,1,11H2,2H3,(H,19,20)(H,21,22). The zero-order chi connectivity index (χ0) is 18.6. The molecule has 0 aliphatic heterocycles. The summed E-state index contributed by atoms with van der Waals surface area (Å²) in [4.78, 5) is 23.6. The normalized spacial score (nSPS) is 10.9. The number of hydrogen-bond acceptors (Lipinski definition) is 4. The highest BCUT2D eigenvalue weighted by Gasteiger charge is 2.17. The minimum Gasteiger partial charge on any atom is -0.478 e. The van der Waals surface area contributed by atoms with Crippen LogP contribution in [-0.2, 0) is 9.84 Å². The lowest BCUT2D eigenvalue weighted by Crippen LogP contribution is -2.16. The maximum Gasteiger partial charge on any atom is 0.336 e. The van der Waals surface area contributed by atoms with E-state index in [4.69, 9.17) is 5.11 Å². The zero-order valence-corrected chi connectivity index (χ0v) is 14.3. The van der Waals surface area contributed by atoms with Gasteiger partial charge in [-0.25, -0.2) is 13.2 Å². The van der Waals surface area contributed by atoms with Gasteiger partial charge in [-0.05, 0) is 43.3 Å². The Morgan fingerprint density at radius 1 is 1.04 bits per heavy atom. The molecule has 0 saturated heterocycles. The number of rotatable bonds is 6. The van der Waals surface area contributed by atoms with E-state index in [0.717, 1.165) is 0 Å². The summed E-state index contributed by atoms with van der Waals surface area (Å²) in [6.07, 6.45) is 0. The Kier molecular flexibility index (Phi) is 5.38. The summed E-state index contributed by atoms with van der Waals surface area (Å²) in [7, 11) is -3.46. The van der Waals surface area contributed by atoms with Crippen LogP contribution in [0.2, 0.25) is 0 Å². The van der Waals surface area contributed by atoms with Crippen molar-refractivity contribution in [2.24, 2.45) is 0 Å². The molecule has 25 heavy (non-hydrogen) atoms. The van der Waals surface area contributed by atoms with Gasteiger partial charge in [0.05, 0.1) is 21.8 Å². The number of carbonyl (C=O) groups is 2. The monoisotopic (exact) mass is 359 g/mol. The highest BCUT2D eigenvalue weighted by molar-refractivity contribution is 7.91. The first kappa shape index (κ1) is 18.4. The molecule has 2 aromatic carbocycles. The van der Waals surface area contributed by atoms with Crippen molar-refractivity contribution < 1.29 is 23.1 Å². The van der Waals surface area contributed by atoms with E-state index < -0.39 is 21.7 Å². The Morgan fingerprint density at radius 3 is 2.12 bits per heavy atom. The second kappa shape index (κ2) is 7.31. The number of carbonyl (C=O) groups excluding carboxylic acids is 1. The van der Waals surface area contributed by atoms with Crippen molar-refractivity contribution in [3.8, 4) is 0 Å². The van der Waals surface area contributed by atoms with Crippen molar-refractivity contribution in [1.82, 2.24) is 0 Å². The topological polar surface area (TPSA) is 101 Å². The van der Waals surface area contributed by atoms with Gasteiger partial charge in [-0.15, -0.1) is 0 Å². The van der Waals surface area contributed by atoms with Crippen LogP contribution in [0.15, 0.2) is 65.6 Å². The molecule has 2 rings (SSSR count). The molecule has 0 atom stereocenters. The van der Waals surface area contributed by atoms with Gasteiger partial charge in [0.25, 0.3) is 5.91 Å². The van der Waals surface area contributed by atoms with Crippen molar-refractivity contribution >= 4 is 27.4 Å². The van der Waals surface area contributed by atoms with Gasteiger partial charge < -0.3 is 10.4 Å². The molecule has 0 unspecified atom stereocenters. The van der Waals surface area contributed by atoms with Crippen molar-refractivity contribution in [3.63, 3.8) is 0 Å². The van der Waals surface area contributed by atoms with E-state index in [-0.39, 0.29) is 21.8 Å². The smallest absolute Gasteiger partial charge is 0.336 e. The molecule has 7 heteroatoms. The van der Waals surface area contributed by atoms with E-state index in [1.165, 1.54) is 42.5 Å². The summed E-state index contributed by atoms with van der Waals surface area (Å²) in [5, 5.41) is 11.7. The minimum absolute atomic E-state index is 0.0222. The molecule has 0 heterocycles. The summed E-state index contributed by atoms with van der Waals surface area (Å²) < 4.78 is 24.2. The second-order valence-electron chi connectivity index (χ2n) is 5.55. The third-order valence-electron chi connectivity index (χ3n) is 3.31. The predicted molar refractivity (Wildman–Crippen MR) is 94.7 cm³/mol. The Labute approximate surface area is 145 Å². The quantitative estimate of drug-likeness (QED) is 0.772. The van der Waals surface area contributed by atoms with Gasteiger partial charge in [-0.1, -0.05) is 24.3 Å². The first-order valence-corrected chi connectivity index (χ1v) is 8.97. The lowest BCUT2D eigenvalue weighted by atomic mass is 10.1. The molecule has 2 N–H and O–H groups in total. The Balaban J connectivity index is 2.21. The molecule has 6 nitrogen and oxygen atoms in total. The fraction of sp³-hybridized carbons (Fsp3) is 0.111. The van der Waals surface area contributed by atoms with E-state index in [0.29, 0.717) is 11.3 Å². The van der Waals surface area contributed by atoms with Gasteiger partial charge in [0.2, 0.25) is 0 Å². The van der Waals surface area contributed by atoms with Crippen LogP contribution in [-0.4, -0.2) is 31.2 Å². The molecule has 0 aromatic heterocycles. The van der Waals surface area contributed by atoms with Crippen LogP contribution in [0.1, 0.15) is 27.6 Å². The van der Waals surface area contributed by atoms with Crippen molar-refractivity contribution in [2.75, 3.05) is 11.1 Å². The van der Waals surface area contributed by atoms with Crippen LogP contribution in [0.25, 0.3) is 0 Å². The molecule has 0 bridgehead atoms. The number of hydrogen-bond donors (Lipinski definition) is 2. The van der Waals surface area contributed by atoms with Crippen LogP contribution in [0, 0.1) is 0 Å². The van der Waals surface area contributed by atoms with E-state index in [1.807, 2.05) is 0 Å². The summed E-state index contributed by atoms with van der Waals surface area (Å²) >= 11 is 0. The number of aromatic carboxylic acids is 1. The van der Waals surface area contributed by atoms with Crippen LogP contribution in [0.3, 0.4) is 0 Å². The van der Waals surface area contributed by atoms with Crippen LogP contribution in [0.5, 0.6) is 0 Å². The molecule has 0 spiro atoms. The van der Waals surface area contributed by atoms with Gasteiger partial charge in [0, 0.05) is 5.69 Å². The molecule has 0 aliphatic rings. The average Bonchev–Trinajstić information content (AvgIpc) is 2.54. The highest BCUT2D eigenvalue weighted by atomic mass is 32.2. The molecule has 2 aromatic rings. The molecular formula is C18H17NO5S. The van der Waals surface area contributed by atoms with Crippen molar-refractivity contribution in [1.29, 1.82) is 0 Å². The summed E-state index contributed by atoms with van der Waals surface area (Å²) in [6.45, 7) is 5.23. The highest BCUT2D eigenvalue weighted by Crippen LogP contribution is 2.18. The van der Waals surface area contributed by atoms with E-state index in [2.05, 4.69) is 11.9 Å². The maximum atomic E-state index is 12.3. The minimum atomic E-state index is -3.46. The van der Waals surface area contributed by atoms with E-state index >= 15 is 0 Å². The van der Waals surface area contributed by atoms with E-state index in [9.17, 15) is 18.0 Å². The molecule has 0 saturated carbocycles. The van der Waals surface area contributed by atoms with Gasteiger partial charge >= 0.3 is 5.97 Å². The van der Waals surface area contributed by atoms with Crippen LogP contribution >= 0.6 is 0 Å². The van der Waals surface area contributed by atoms with Gasteiger partial charge in [-0.2, -0.15) is 0 Å². The third-order valence-corrected chi connectivity index (χ3v) is 5.17. The molecule has 0 radical (unpaired) electrons. The number of amides is 1. The summed E-state index contributed by atoms with van der Waals surface area (Å²) in [6, 6.07) is 11.5. The summed E-state index contributed by atoms with van der Waals surface area (Å²) in [5.74, 6) is -1.94. The first-order valence-electron chi connectivity index (χ1n) is 7.31. The van der Waals surface area contributed by atoms with Gasteiger partial charge in [0.15, 0.2) is 9.84 Å². The Morgan fingerprint density at radius 2 is 1.60 bits per heavy atom. The predicted octanol–water partition coefficient (Wildman–Crippen LogP) is 2.99. The van der Waals surface area contributed by atoms with Gasteiger partial charge in [0.1, 0.15) is 0 Å². The molecule has 1 amide bonds. The largest absolute Gasteiger partial charge is 0.478 e. The molecular weight excluding hydrogens is 342 g/mol. The molecule has 130 valence electrons. The fourth-order valence-electron chi connectivity index (χ4n) is 2.22. The van der Waals surface area contributed by atoms with Crippen molar-refractivity contribution in [2.45, 2.75) is 11.8 Å². The fourth-order valence-corrected chi connectivity index (χ4v) is 3.59. The van der Waals surface area contributed by atoms with E-state index in [1.54, 1.807) is 13.0 Å². The van der Waals surface area contributed by atoms with Gasteiger partial charge in [-0.3, -0.25) is 4.79 Å². The zero-order valence-electron chi connectivity index (χ0n) is 13.5. The second-order valence-corrected chi connectivity index (χ2v) is 7.54. The lowest BCUT2D eigenvalue weighted by molar-refractivity contribution is 0.0692. The number of carboxylic acids is 1. The molecule has 0 fully saturated rings. The average molecular weight is 359 g/mol. The third kappa shape index (κ3) is 4.54. The van der Waals surface area contributed by atoms with Crippen molar-refractivity contribution in [3.05, 3.63) is 71.8 Å². The van der Waals surface area contributed by atoms with Crippen LogP contribution < -0.4 is 5.32 Å². The first-order chi connectivity index (χ1) is 11.7. The number of carboxylic acid groups (broad SMARTS) is 1. The summed E-state index contributed by atoms with van der Waals surface area (Å²) in [5.41, 5.74) is 0.803. The number of anilines is 1.